The van der Waals surface area contributed by atoms with Crippen LogP contribution in [-0.4, -0.2) is 10.5 Å². The van der Waals surface area contributed by atoms with Crippen LogP contribution < -0.4 is 0 Å². The summed E-state index contributed by atoms with van der Waals surface area (Å²) in [6, 6.07) is 7.91. The number of alkyl halides is 1. The second-order valence-electron chi connectivity index (χ2n) is 4.28. The summed E-state index contributed by atoms with van der Waals surface area (Å²) in [5, 5.41) is 0.771. The van der Waals surface area contributed by atoms with Crippen molar-refractivity contribution < 1.29 is 4.74 Å². The standard InChI is InChI=1S/C13H18ClIO/c1-9(2)10(3)16-13(8-15)11-4-6-12(14)7-5-11/h4-7,9-10,13H,8H2,1-3H3. The molecule has 0 saturated heterocycles. The van der Waals surface area contributed by atoms with Gasteiger partial charge in [-0.3, -0.25) is 0 Å². The fourth-order valence-corrected chi connectivity index (χ4v) is 2.14. The predicted molar refractivity (Wildman–Crippen MR) is 78.5 cm³/mol. The first-order valence-electron chi connectivity index (χ1n) is 5.51. The highest BCUT2D eigenvalue weighted by Gasteiger charge is 2.16. The van der Waals surface area contributed by atoms with Gasteiger partial charge in [-0.15, -0.1) is 0 Å². The molecule has 0 spiro atoms. The SMILES string of the molecule is CC(C)C(C)OC(CI)c1ccc(Cl)cc1. The minimum Gasteiger partial charge on any atom is -0.370 e. The van der Waals surface area contributed by atoms with Crippen molar-refractivity contribution in [1.82, 2.24) is 0 Å². The van der Waals surface area contributed by atoms with Gasteiger partial charge in [0.05, 0.1) is 12.2 Å². The molecule has 0 aromatic heterocycles. The molecule has 0 amide bonds. The van der Waals surface area contributed by atoms with Crippen molar-refractivity contribution in [2.24, 2.45) is 5.92 Å². The van der Waals surface area contributed by atoms with Gasteiger partial charge >= 0.3 is 0 Å². The highest BCUT2D eigenvalue weighted by Crippen LogP contribution is 2.25. The number of benzene rings is 1. The van der Waals surface area contributed by atoms with Crippen molar-refractivity contribution in [3.8, 4) is 0 Å². The van der Waals surface area contributed by atoms with E-state index in [9.17, 15) is 0 Å². The Morgan fingerprint density at radius 3 is 2.19 bits per heavy atom. The summed E-state index contributed by atoms with van der Waals surface area (Å²) in [6.45, 7) is 6.48. The van der Waals surface area contributed by atoms with Crippen molar-refractivity contribution in [1.29, 1.82) is 0 Å². The fraction of sp³-hybridized carbons (Fsp3) is 0.538. The predicted octanol–water partition coefficient (Wildman–Crippen LogP) is 4.88. The van der Waals surface area contributed by atoms with Gasteiger partial charge in [0.2, 0.25) is 0 Å². The molecule has 1 aromatic carbocycles. The Balaban J connectivity index is 2.70. The number of hydrogen-bond acceptors (Lipinski definition) is 1. The van der Waals surface area contributed by atoms with Crippen LogP contribution in [0.1, 0.15) is 32.4 Å². The molecule has 1 rings (SSSR count). The zero-order valence-electron chi connectivity index (χ0n) is 9.91. The van der Waals surface area contributed by atoms with E-state index in [1.807, 2.05) is 24.3 Å². The molecule has 2 atom stereocenters. The highest BCUT2D eigenvalue weighted by atomic mass is 127. The third-order valence-electron chi connectivity index (χ3n) is 2.70. The molecule has 1 nitrogen and oxygen atoms in total. The van der Waals surface area contributed by atoms with E-state index >= 15 is 0 Å². The summed E-state index contributed by atoms with van der Waals surface area (Å²) in [5.41, 5.74) is 1.20. The molecule has 0 heterocycles. The Bertz CT molecular complexity index is 310. The van der Waals surface area contributed by atoms with E-state index in [1.165, 1.54) is 5.56 Å². The summed E-state index contributed by atoms with van der Waals surface area (Å²) in [6.07, 6.45) is 0.436. The molecule has 0 saturated carbocycles. The smallest absolute Gasteiger partial charge is 0.0918 e. The first-order chi connectivity index (χ1) is 7.54. The van der Waals surface area contributed by atoms with Gasteiger partial charge in [0.1, 0.15) is 0 Å². The van der Waals surface area contributed by atoms with Gasteiger partial charge in [0.15, 0.2) is 0 Å². The second-order valence-corrected chi connectivity index (χ2v) is 5.60. The molecule has 0 radical (unpaired) electrons. The van der Waals surface area contributed by atoms with Crippen molar-refractivity contribution >= 4 is 34.2 Å². The van der Waals surface area contributed by atoms with E-state index < -0.39 is 0 Å². The molecule has 3 heteroatoms. The van der Waals surface area contributed by atoms with Gasteiger partial charge in [0, 0.05) is 9.45 Å². The highest BCUT2D eigenvalue weighted by molar-refractivity contribution is 14.1. The molecular formula is C13H18ClIO. The maximum Gasteiger partial charge on any atom is 0.0918 e. The van der Waals surface area contributed by atoms with Crippen molar-refractivity contribution in [2.75, 3.05) is 4.43 Å². The normalized spacial score (nSPS) is 15.1. The van der Waals surface area contributed by atoms with Crippen LogP contribution in [0.5, 0.6) is 0 Å². The molecule has 0 N–H and O–H groups in total. The van der Waals surface area contributed by atoms with Crippen LogP contribution in [0.15, 0.2) is 24.3 Å². The van der Waals surface area contributed by atoms with Gasteiger partial charge in [-0.1, -0.05) is 60.2 Å². The summed E-state index contributed by atoms with van der Waals surface area (Å²) < 4.78 is 6.99. The van der Waals surface area contributed by atoms with Crippen LogP contribution in [0.4, 0.5) is 0 Å². The Morgan fingerprint density at radius 2 is 1.75 bits per heavy atom. The average molecular weight is 353 g/mol. The zero-order valence-corrected chi connectivity index (χ0v) is 12.8. The lowest BCUT2D eigenvalue weighted by atomic mass is 10.1. The lowest BCUT2D eigenvalue weighted by Gasteiger charge is -2.23. The van der Waals surface area contributed by atoms with Crippen LogP contribution >= 0.6 is 34.2 Å². The first-order valence-corrected chi connectivity index (χ1v) is 7.41. The lowest BCUT2D eigenvalue weighted by Crippen LogP contribution is -2.19. The molecule has 2 unspecified atom stereocenters. The Morgan fingerprint density at radius 1 is 1.19 bits per heavy atom. The average Bonchev–Trinajstić information content (AvgIpc) is 2.26. The quantitative estimate of drug-likeness (QED) is 0.542. The van der Waals surface area contributed by atoms with E-state index in [2.05, 4.69) is 43.4 Å². The lowest BCUT2D eigenvalue weighted by molar-refractivity contribution is -0.0133. The molecule has 0 aliphatic rings. The molecule has 1 aromatic rings. The van der Waals surface area contributed by atoms with Crippen LogP contribution in [0, 0.1) is 5.92 Å². The zero-order chi connectivity index (χ0) is 12.1. The number of rotatable bonds is 5. The number of hydrogen-bond donors (Lipinski definition) is 0. The van der Waals surface area contributed by atoms with Crippen molar-refractivity contribution in [2.45, 2.75) is 33.0 Å². The maximum atomic E-state index is 6.04. The van der Waals surface area contributed by atoms with Crippen LogP contribution in [0.2, 0.25) is 5.02 Å². The van der Waals surface area contributed by atoms with E-state index in [-0.39, 0.29) is 12.2 Å². The van der Waals surface area contributed by atoms with E-state index in [1.54, 1.807) is 0 Å². The second kappa shape index (κ2) is 6.82. The Kier molecular flexibility index (Phi) is 6.08. The minimum atomic E-state index is 0.162. The van der Waals surface area contributed by atoms with E-state index in [0.717, 1.165) is 9.45 Å². The fourth-order valence-electron chi connectivity index (χ4n) is 1.30. The Hall–Kier alpha value is 0.200. The van der Waals surface area contributed by atoms with Gasteiger partial charge in [0.25, 0.3) is 0 Å². The molecule has 90 valence electrons. The Labute approximate surface area is 117 Å². The molecule has 0 aliphatic carbocycles. The van der Waals surface area contributed by atoms with Crippen molar-refractivity contribution in [3.05, 3.63) is 34.9 Å². The van der Waals surface area contributed by atoms with E-state index in [0.29, 0.717) is 5.92 Å². The summed E-state index contributed by atoms with van der Waals surface area (Å²) in [7, 11) is 0. The monoisotopic (exact) mass is 352 g/mol. The molecule has 0 bridgehead atoms. The summed E-state index contributed by atoms with van der Waals surface area (Å²) in [4.78, 5) is 0. The topological polar surface area (TPSA) is 9.23 Å². The van der Waals surface area contributed by atoms with Gasteiger partial charge in [-0.05, 0) is 30.5 Å². The third-order valence-corrected chi connectivity index (χ3v) is 3.75. The van der Waals surface area contributed by atoms with Crippen LogP contribution in [-0.2, 0) is 4.74 Å². The van der Waals surface area contributed by atoms with Crippen LogP contribution in [0.3, 0.4) is 0 Å². The maximum absolute atomic E-state index is 6.04. The van der Waals surface area contributed by atoms with Gasteiger partial charge < -0.3 is 4.74 Å². The summed E-state index contributed by atoms with van der Waals surface area (Å²) in [5.74, 6) is 0.540. The van der Waals surface area contributed by atoms with Gasteiger partial charge in [-0.25, -0.2) is 0 Å². The van der Waals surface area contributed by atoms with Gasteiger partial charge in [-0.2, -0.15) is 0 Å². The molecule has 0 aliphatic heterocycles. The summed E-state index contributed by atoms with van der Waals surface area (Å²) >= 11 is 8.23. The number of ether oxygens (including phenoxy) is 1. The molecule has 16 heavy (non-hydrogen) atoms. The van der Waals surface area contributed by atoms with Crippen LogP contribution in [0.25, 0.3) is 0 Å². The van der Waals surface area contributed by atoms with Crippen molar-refractivity contribution in [3.63, 3.8) is 0 Å². The minimum absolute atomic E-state index is 0.162. The third kappa shape index (κ3) is 4.22. The number of halogens is 2. The molecule has 0 fully saturated rings. The largest absolute Gasteiger partial charge is 0.370 e. The van der Waals surface area contributed by atoms with E-state index in [4.69, 9.17) is 16.3 Å². The first kappa shape index (κ1) is 14.3. The molecular weight excluding hydrogens is 334 g/mol.